The fourth-order valence-corrected chi connectivity index (χ4v) is 5.30. The minimum absolute atomic E-state index is 0.0103. The molecule has 176 valence electrons. The third-order valence-corrected chi connectivity index (χ3v) is 7.39. The number of Topliss-reactive ketones (excluding diaryl/α,β-unsaturated/α-hetero) is 1. The van der Waals surface area contributed by atoms with Crippen molar-refractivity contribution in [1.29, 1.82) is 0 Å². The third kappa shape index (κ3) is 5.47. The number of rotatable bonds is 7. The van der Waals surface area contributed by atoms with Crippen molar-refractivity contribution >= 4 is 33.4 Å². The predicted octanol–water partition coefficient (Wildman–Crippen LogP) is 1.81. The summed E-state index contributed by atoms with van der Waals surface area (Å²) in [6.07, 6.45) is -1.18. The van der Waals surface area contributed by atoms with E-state index < -0.39 is 40.7 Å². The number of aliphatic hydroxyl groups is 1. The number of aryl methyl sites for hydroxylation is 2. The number of amides is 1. The molecule has 0 aromatic heterocycles. The molecule has 0 spiro atoms. The van der Waals surface area contributed by atoms with E-state index in [1.54, 1.807) is 37.3 Å². The molecule has 1 heterocycles. The SMILES string of the molecule is CC(=O)c1ccccc1NC(=O)COC(=O)[C@@H]1CC(O)CN1S(=O)(=O)c1ccc(C)c(C)c1. The molecule has 1 aliphatic rings. The van der Waals surface area contributed by atoms with Crippen molar-refractivity contribution in [2.45, 2.75) is 44.2 Å². The van der Waals surface area contributed by atoms with Crippen LogP contribution in [0.4, 0.5) is 5.69 Å². The molecule has 2 atom stereocenters. The van der Waals surface area contributed by atoms with Gasteiger partial charge in [-0.3, -0.25) is 14.4 Å². The van der Waals surface area contributed by atoms with Gasteiger partial charge in [0.15, 0.2) is 12.4 Å². The van der Waals surface area contributed by atoms with E-state index in [1.165, 1.54) is 19.1 Å². The minimum Gasteiger partial charge on any atom is -0.454 e. The molecule has 33 heavy (non-hydrogen) atoms. The van der Waals surface area contributed by atoms with E-state index >= 15 is 0 Å². The highest BCUT2D eigenvalue weighted by Crippen LogP contribution is 2.28. The summed E-state index contributed by atoms with van der Waals surface area (Å²) in [6, 6.07) is 9.77. The van der Waals surface area contributed by atoms with E-state index in [-0.39, 0.29) is 29.3 Å². The van der Waals surface area contributed by atoms with Gasteiger partial charge in [-0.15, -0.1) is 0 Å². The number of aliphatic hydroxyl groups excluding tert-OH is 1. The molecule has 9 nitrogen and oxygen atoms in total. The van der Waals surface area contributed by atoms with E-state index in [2.05, 4.69) is 5.32 Å². The van der Waals surface area contributed by atoms with Gasteiger partial charge in [0.25, 0.3) is 5.91 Å². The van der Waals surface area contributed by atoms with Gasteiger partial charge in [-0.25, -0.2) is 8.42 Å². The lowest BCUT2D eigenvalue weighted by Crippen LogP contribution is -2.42. The average Bonchev–Trinajstić information content (AvgIpc) is 3.16. The standard InChI is InChI=1S/C23H26N2O7S/c1-14-8-9-18(10-15(14)2)33(30,31)25-12-17(27)11-21(25)23(29)32-13-22(28)24-20-7-5-4-6-19(20)16(3)26/h4-10,17,21,27H,11-13H2,1-3H3,(H,24,28)/t17?,21-/m0/s1. The Balaban J connectivity index is 1.70. The van der Waals surface area contributed by atoms with Gasteiger partial charge in [-0.05, 0) is 56.2 Å². The number of β-amino-alcohol motifs (C(OH)–C–C–N with tert-alkyl or cyclic N) is 1. The number of sulfonamides is 1. The van der Waals surface area contributed by atoms with Gasteiger partial charge < -0.3 is 15.2 Å². The first-order chi connectivity index (χ1) is 15.5. The molecule has 1 amide bonds. The van der Waals surface area contributed by atoms with Crippen molar-refractivity contribution in [1.82, 2.24) is 4.31 Å². The molecular formula is C23H26N2O7S. The molecule has 1 unspecified atom stereocenters. The number of hydrogen-bond donors (Lipinski definition) is 2. The first-order valence-corrected chi connectivity index (χ1v) is 11.8. The molecule has 2 aromatic carbocycles. The topological polar surface area (TPSA) is 130 Å². The van der Waals surface area contributed by atoms with Gasteiger partial charge in [0.2, 0.25) is 10.0 Å². The van der Waals surface area contributed by atoms with Gasteiger partial charge in [0.05, 0.1) is 16.7 Å². The van der Waals surface area contributed by atoms with E-state index in [1.807, 2.05) is 6.92 Å². The average molecular weight is 475 g/mol. The normalized spacial score (nSPS) is 18.7. The number of nitrogens with zero attached hydrogens (tertiary/aromatic N) is 1. The summed E-state index contributed by atoms with van der Waals surface area (Å²) in [5.41, 5.74) is 2.28. The number of esters is 1. The Morgan fingerprint density at radius 1 is 1.12 bits per heavy atom. The largest absolute Gasteiger partial charge is 0.454 e. The molecule has 1 saturated heterocycles. The van der Waals surface area contributed by atoms with Gasteiger partial charge in [-0.1, -0.05) is 18.2 Å². The maximum absolute atomic E-state index is 13.1. The highest BCUT2D eigenvalue weighted by atomic mass is 32.2. The molecule has 1 aliphatic heterocycles. The maximum Gasteiger partial charge on any atom is 0.325 e. The Hall–Kier alpha value is -3.08. The number of carbonyl (C=O) groups is 3. The maximum atomic E-state index is 13.1. The van der Waals surface area contributed by atoms with Crippen LogP contribution in [0.1, 0.15) is 34.8 Å². The van der Waals surface area contributed by atoms with Crippen LogP contribution < -0.4 is 5.32 Å². The smallest absolute Gasteiger partial charge is 0.325 e. The fourth-order valence-electron chi connectivity index (χ4n) is 3.59. The zero-order chi connectivity index (χ0) is 24.3. The second-order valence-corrected chi connectivity index (χ2v) is 9.87. The van der Waals surface area contributed by atoms with Crippen molar-refractivity contribution in [2.24, 2.45) is 0 Å². The monoisotopic (exact) mass is 474 g/mol. The first kappa shape index (κ1) is 24.6. The Bertz CT molecular complexity index is 1190. The summed E-state index contributed by atoms with van der Waals surface area (Å²) < 4.78 is 32.2. The van der Waals surface area contributed by atoms with Crippen molar-refractivity contribution in [3.05, 3.63) is 59.2 Å². The Kier molecular flexibility index (Phi) is 7.31. The lowest BCUT2D eigenvalue weighted by Gasteiger charge is -2.22. The van der Waals surface area contributed by atoms with E-state index in [0.717, 1.165) is 15.4 Å². The van der Waals surface area contributed by atoms with Crippen molar-refractivity contribution in [2.75, 3.05) is 18.5 Å². The number of anilines is 1. The van der Waals surface area contributed by atoms with Crippen LogP contribution in [0.5, 0.6) is 0 Å². The second kappa shape index (κ2) is 9.82. The van der Waals surface area contributed by atoms with Crippen molar-refractivity contribution in [3.63, 3.8) is 0 Å². The van der Waals surface area contributed by atoms with Crippen LogP contribution in [0.3, 0.4) is 0 Å². The number of para-hydroxylation sites is 1. The van der Waals surface area contributed by atoms with E-state index in [4.69, 9.17) is 4.74 Å². The molecule has 1 fully saturated rings. The van der Waals surface area contributed by atoms with E-state index in [0.29, 0.717) is 5.56 Å². The molecule has 0 bridgehead atoms. The molecule has 2 N–H and O–H groups in total. The molecule has 0 aliphatic carbocycles. The summed E-state index contributed by atoms with van der Waals surface area (Å²) in [5.74, 6) is -1.86. The molecular weight excluding hydrogens is 448 g/mol. The van der Waals surface area contributed by atoms with Crippen LogP contribution in [0.15, 0.2) is 47.4 Å². The zero-order valence-electron chi connectivity index (χ0n) is 18.6. The summed E-state index contributed by atoms with van der Waals surface area (Å²) in [7, 11) is -4.07. The number of ether oxygens (including phenoxy) is 1. The molecule has 0 saturated carbocycles. The van der Waals surface area contributed by atoms with Gasteiger partial charge >= 0.3 is 5.97 Å². The summed E-state index contributed by atoms with van der Waals surface area (Å²) in [5, 5.41) is 12.6. The summed E-state index contributed by atoms with van der Waals surface area (Å²) in [4.78, 5) is 36.6. The number of nitrogens with one attached hydrogen (secondary N) is 1. The Labute approximate surface area is 192 Å². The highest BCUT2D eigenvalue weighted by Gasteiger charge is 2.44. The number of ketones is 1. The fraction of sp³-hybridized carbons (Fsp3) is 0.348. The van der Waals surface area contributed by atoms with Crippen molar-refractivity contribution < 1.29 is 32.6 Å². The third-order valence-electron chi connectivity index (χ3n) is 5.52. The Morgan fingerprint density at radius 3 is 2.48 bits per heavy atom. The lowest BCUT2D eigenvalue weighted by atomic mass is 10.1. The van der Waals surface area contributed by atoms with Gasteiger partial charge in [0, 0.05) is 18.5 Å². The van der Waals surface area contributed by atoms with Crippen LogP contribution in [0.2, 0.25) is 0 Å². The van der Waals surface area contributed by atoms with Crippen LogP contribution in [-0.2, 0) is 24.3 Å². The van der Waals surface area contributed by atoms with Gasteiger partial charge in [0.1, 0.15) is 6.04 Å². The van der Waals surface area contributed by atoms with Crippen molar-refractivity contribution in [3.8, 4) is 0 Å². The van der Waals surface area contributed by atoms with Crippen LogP contribution in [0, 0.1) is 13.8 Å². The summed E-state index contributed by atoms with van der Waals surface area (Å²) in [6.45, 7) is 4.07. The molecule has 2 aromatic rings. The number of carbonyl (C=O) groups excluding carboxylic acids is 3. The lowest BCUT2D eigenvalue weighted by molar-refractivity contribution is -0.150. The second-order valence-electron chi connectivity index (χ2n) is 7.98. The minimum atomic E-state index is -4.07. The highest BCUT2D eigenvalue weighted by molar-refractivity contribution is 7.89. The zero-order valence-corrected chi connectivity index (χ0v) is 19.4. The summed E-state index contributed by atoms with van der Waals surface area (Å²) >= 11 is 0. The van der Waals surface area contributed by atoms with E-state index in [9.17, 15) is 27.9 Å². The van der Waals surface area contributed by atoms with Crippen LogP contribution in [-0.4, -0.2) is 60.8 Å². The number of benzene rings is 2. The van der Waals surface area contributed by atoms with Crippen LogP contribution >= 0.6 is 0 Å². The Morgan fingerprint density at radius 2 is 1.82 bits per heavy atom. The molecule has 10 heteroatoms. The quantitative estimate of drug-likeness (QED) is 0.462. The predicted molar refractivity (Wildman–Crippen MR) is 120 cm³/mol. The first-order valence-electron chi connectivity index (χ1n) is 10.3. The number of hydrogen-bond acceptors (Lipinski definition) is 7. The molecule has 3 rings (SSSR count). The van der Waals surface area contributed by atoms with Crippen LogP contribution in [0.25, 0.3) is 0 Å². The molecule has 0 radical (unpaired) electrons. The van der Waals surface area contributed by atoms with Gasteiger partial charge in [-0.2, -0.15) is 4.31 Å².